The van der Waals surface area contributed by atoms with Gasteiger partial charge in [0, 0.05) is 16.6 Å². The van der Waals surface area contributed by atoms with Crippen LogP contribution in [0.4, 0.5) is 4.39 Å². The predicted molar refractivity (Wildman–Crippen MR) is 110 cm³/mol. The summed E-state index contributed by atoms with van der Waals surface area (Å²) in [5.74, 6) is -0.442. The van der Waals surface area contributed by atoms with Gasteiger partial charge in [-0.05, 0) is 84.5 Å². The van der Waals surface area contributed by atoms with Crippen LogP contribution in [0.2, 0.25) is 0 Å². The molecular formula is C22H21FN6O. The summed E-state index contributed by atoms with van der Waals surface area (Å²) in [6.07, 6.45) is 4.10. The number of fused-ring (bicyclic) bond motifs is 3. The summed E-state index contributed by atoms with van der Waals surface area (Å²) in [6.45, 7) is 3.94. The van der Waals surface area contributed by atoms with Crippen molar-refractivity contribution in [3.8, 4) is 5.69 Å². The number of amides is 1. The molecular weight excluding hydrogens is 383 g/mol. The Labute approximate surface area is 172 Å². The number of hydrogen-bond acceptors (Lipinski definition) is 4. The molecule has 2 aromatic carbocycles. The SMILES string of the molecule is Cc1ccc(C(=O)NC2CCCc3c2[nH]c2ccc(F)cc32)c(-n2cnnn2)c1C. The Morgan fingerprint density at radius 1 is 1.27 bits per heavy atom. The first-order chi connectivity index (χ1) is 14.5. The molecule has 8 heteroatoms. The van der Waals surface area contributed by atoms with Crippen molar-refractivity contribution >= 4 is 16.8 Å². The highest BCUT2D eigenvalue weighted by Crippen LogP contribution is 2.35. The number of tetrazole rings is 1. The fraction of sp³-hybridized carbons (Fsp3) is 0.273. The van der Waals surface area contributed by atoms with Crippen LogP contribution in [0.3, 0.4) is 0 Å². The molecule has 1 atom stereocenters. The van der Waals surface area contributed by atoms with Gasteiger partial charge in [0.2, 0.25) is 0 Å². The molecule has 30 heavy (non-hydrogen) atoms. The van der Waals surface area contributed by atoms with E-state index in [0.717, 1.165) is 52.5 Å². The Kier molecular flexibility index (Phi) is 4.34. The van der Waals surface area contributed by atoms with E-state index in [0.29, 0.717) is 11.3 Å². The molecule has 2 N–H and O–H groups in total. The second-order valence-electron chi connectivity index (χ2n) is 7.78. The van der Waals surface area contributed by atoms with Crippen LogP contribution in [-0.2, 0) is 6.42 Å². The highest BCUT2D eigenvalue weighted by atomic mass is 19.1. The molecule has 2 heterocycles. The van der Waals surface area contributed by atoms with Crippen molar-refractivity contribution in [1.29, 1.82) is 0 Å². The van der Waals surface area contributed by atoms with Gasteiger partial charge in [-0.15, -0.1) is 5.10 Å². The van der Waals surface area contributed by atoms with Crippen LogP contribution in [0.1, 0.15) is 51.6 Å². The lowest BCUT2D eigenvalue weighted by Crippen LogP contribution is -2.32. The van der Waals surface area contributed by atoms with Gasteiger partial charge >= 0.3 is 0 Å². The van der Waals surface area contributed by atoms with Gasteiger partial charge in [-0.3, -0.25) is 4.79 Å². The van der Waals surface area contributed by atoms with Crippen molar-refractivity contribution in [1.82, 2.24) is 30.5 Å². The van der Waals surface area contributed by atoms with E-state index in [4.69, 9.17) is 0 Å². The van der Waals surface area contributed by atoms with Crippen LogP contribution in [0.5, 0.6) is 0 Å². The monoisotopic (exact) mass is 404 g/mol. The first-order valence-electron chi connectivity index (χ1n) is 9.97. The third-order valence-electron chi connectivity index (χ3n) is 6.00. The minimum Gasteiger partial charge on any atom is -0.356 e. The molecule has 0 spiro atoms. The molecule has 0 radical (unpaired) electrons. The molecule has 5 rings (SSSR count). The lowest BCUT2D eigenvalue weighted by Gasteiger charge is -2.24. The zero-order chi connectivity index (χ0) is 20.8. The maximum Gasteiger partial charge on any atom is 0.254 e. The van der Waals surface area contributed by atoms with E-state index in [1.54, 1.807) is 18.2 Å². The van der Waals surface area contributed by atoms with Gasteiger partial charge in [-0.2, -0.15) is 4.68 Å². The molecule has 0 bridgehead atoms. The Bertz CT molecular complexity index is 1260. The highest BCUT2D eigenvalue weighted by molar-refractivity contribution is 5.99. The number of hydrogen-bond donors (Lipinski definition) is 2. The first kappa shape index (κ1) is 18.5. The molecule has 0 saturated carbocycles. The van der Waals surface area contributed by atoms with Gasteiger partial charge in [-0.25, -0.2) is 4.39 Å². The average molecular weight is 404 g/mol. The maximum absolute atomic E-state index is 13.8. The molecule has 1 unspecified atom stereocenters. The Morgan fingerprint density at radius 2 is 2.13 bits per heavy atom. The summed E-state index contributed by atoms with van der Waals surface area (Å²) in [7, 11) is 0. The fourth-order valence-electron chi connectivity index (χ4n) is 4.36. The zero-order valence-electron chi connectivity index (χ0n) is 16.7. The van der Waals surface area contributed by atoms with E-state index >= 15 is 0 Å². The maximum atomic E-state index is 13.8. The Hall–Kier alpha value is -3.55. The van der Waals surface area contributed by atoms with E-state index in [1.807, 2.05) is 19.9 Å². The summed E-state index contributed by atoms with van der Waals surface area (Å²) in [5.41, 5.74) is 6.12. The average Bonchev–Trinajstić information content (AvgIpc) is 3.38. The second kappa shape index (κ2) is 7.05. The number of aromatic nitrogens is 5. The molecule has 0 saturated heterocycles. The first-order valence-corrected chi connectivity index (χ1v) is 9.97. The number of carbonyl (C=O) groups is 1. The molecule has 7 nitrogen and oxygen atoms in total. The van der Waals surface area contributed by atoms with Crippen LogP contribution in [0.15, 0.2) is 36.7 Å². The van der Waals surface area contributed by atoms with Crippen molar-refractivity contribution in [3.63, 3.8) is 0 Å². The number of nitrogens with zero attached hydrogens (tertiary/aromatic N) is 4. The van der Waals surface area contributed by atoms with E-state index < -0.39 is 0 Å². The lowest BCUT2D eigenvalue weighted by atomic mass is 9.91. The van der Waals surface area contributed by atoms with Crippen LogP contribution in [0.25, 0.3) is 16.6 Å². The number of aryl methyl sites for hydroxylation is 2. The Balaban J connectivity index is 1.52. The standard InChI is InChI=1S/C22H21FN6O/c1-12-6-8-16(21(13(12)2)29-11-24-27-28-29)22(30)26-19-5-3-4-15-17-10-14(23)7-9-18(17)25-20(15)19/h6-11,19,25H,3-5H2,1-2H3,(H,26,30). The lowest BCUT2D eigenvalue weighted by molar-refractivity contribution is 0.0931. The summed E-state index contributed by atoms with van der Waals surface area (Å²) >= 11 is 0. The molecule has 0 aliphatic heterocycles. The number of H-pyrrole nitrogens is 1. The van der Waals surface area contributed by atoms with Crippen LogP contribution >= 0.6 is 0 Å². The smallest absolute Gasteiger partial charge is 0.254 e. The molecule has 152 valence electrons. The number of rotatable bonds is 3. The third-order valence-corrected chi connectivity index (χ3v) is 6.00. The van der Waals surface area contributed by atoms with E-state index in [1.165, 1.54) is 17.1 Å². The van der Waals surface area contributed by atoms with Crippen molar-refractivity contribution in [2.45, 2.75) is 39.2 Å². The van der Waals surface area contributed by atoms with Gasteiger partial charge in [0.05, 0.1) is 17.3 Å². The minimum atomic E-state index is -0.253. The van der Waals surface area contributed by atoms with Crippen LogP contribution in [0, 0.1) is 19.7 Å². The summed E-state index contributed by atoms with van der Waals surface area (Å²) in [4.78, 5) is 16.7. The van der Waals surface area contributed by atoms with Crippen molar-refractivity contribution in [3.05, 3.63) is 70.4 Å². The highest BCUT2D eigenvalue weighted by Gasteiger charge is 2.27. The molecule has 1 aliphatic carbocycles. The van der Waals surface area contributed by atoms with Gasteiger partial charge < -0.3 is 10.3 Å². The van der Waals surface area contributed by atoms with Gasteiger partial charge in [0.15, 0.2) is 0 Å². The molecule has 1 amide bonds. The van der Waals surface area contributed by atoms with Crippen LogP contribution < -0.4 is 5.32 Å². The molecule has 0 fully saturated rings. The topological polar surface area (TPSA) is 88.5 Å². The van der Waals surface area contributed by atoms with Gasteiger partial charge in [-0.1, -0.05) is 6.07 Å². The summed E-state index contributed by atoms with van der Waals surface area (Å²) < 4.78 is 15.3. The quantitative estimate of drug-likeness (QED) is 0.545. The zero-order valence-corrected chi connectivity index (χ0v) is 16.7. The number of benzene rings is 2. The predicted octanol–water partition coefficient (Wildman–Crippen LogP) is 3.71. The van der Waals surface area contributed by atoms with Crippen molar-refractivity contribution < 1.29 is 9.18 Å². The van der Waals surface area contributed by atoms with E-state index in [-0.39, 0.29) is 17.8 Å². The number of nitrogens with one attached hydrogen (secondary N) is 2. The second-order valence-corrected chi connectivity index (χ2v) is 7.78. The summed E-state index contributed by atoms with van der Waals surface area (Å²) in [6, 6.07) is 8.33. The fourth-order valence-corrected chi connectivity index (χ4v) is 4.36. The van der Waals surface area contributed by atoms with Crippen molar-refractivity contribution in [2.75, 3.05) is 0 Å². The van der Waals surface area contributed by atoms with E-state index in [9.17, 15) is 9.18 Å². The van der Waals surface area contributed by atoms with E-state index in [2.05, 4.69) is 25.8 Å². The van der Waals surface area contributed by atoms with Crippen LogP contribution in [-0.4, -0.2) is 31.1 Å². The molecule has 2 aromatic heterocycles. The van der Waals surface area contributed by atoms with Gasteiger partial charge in [0.25, 0.3) is 5.91 Å². The number of halogens is 1. The number of carbonyl (C=O) groups excluding carboxylic acids is 1. The summed E-state index contributed by atoms with van der Waals surface area (Å²) in [5, 5.41) is 15.5. The largest absolute Gasteiger partial charge is 0.356 e. The Morgan fingerprint density at radius 3 is 2.93 bits per heavy atom. The normalized spacial score (nSPS) is 15.9. The molecule has 4 aromatic rings. The molecule has 1 aliphatic rings. The van der Waals surface area contributed by atoms with Crippen molar-refractivity contribution in [2.24, 2.45) is 0 Å². The minimum absolute atomic E-state index is 0.167. The number of aromatic amines is 1. The third kappa shape index (κ3) is 2.96. The van der Waals surface area contributed by atoms with Gasteiger partial charge in [0.1, 0.15) is 12.1 Å².